The molecule has 4 nitrogen and oxygen atoms in total. The molecule has 0 unspecified atom stereocenters. The van der Waals surface area contributed by atoms with E-state index in [2.05, 4.69) is 22.0 Å². The molecule has 2 heterocycles. The Kier molecular flexibility index (Phi) is 3.62. The molecule has 108 valence electrons. The van der Waals surface area contributed by atoms with Crippen molar-refractivity contribution in [1.82, 2.24) is 9.88 Å². The van der Waals surface area contributed by atoms with Crippen LogP contribution in [0.1, 0.15) is 17.1 Å². The minimum atomic E-state index is 0.594. The molecule has 21 heavy (non-hydrogen) atoms. The summed E-state index contributed by atoms with van der Waals surface area (Å²) in [4.78, 5) is 6.63. The van der Waals surface area contributed by atoms with Crippen molar-refractivity contribution < 1.29 is 4.42 Å². The van der Waals surface area contributed by atoms with E-state index >= 15 is 0 Å². The van der Waals surface area contributed by atoms with Crippen molar-refractivity contribution in [3.8, 4) is 0 Å². The first kappa shape index (κ1) is 13.6. The van der Waals surface area contributed by atoms with Gasteiger partial charge in [0.25, 0.3) is 0 Å². The van der Waals surface area contributed by atoms with Gasteiger partial charge in [-0.05, 0) is 38.2 Å². The number of furan rings is 1. The van der Waals surface area contributed by atoms with Crippen molar-refractivity contribution in [2.75, 3.05) is 12.8 Å². The average Bonchev–Trinajstić information content (AvgIpc) is 2.85. The highest BCUT2D eigenvalue weighted by Crippen LogP contribution is 2.20. The number of benzene rings is 1. The van der Waals surface area contributed by atoms with Crippen LogP contribution < -0.4 is 5.73 Å². The Morgan fingerprint density at radius 3 is 2.71 bits per heavy atom. The summed E-state index contributed by atoms with van der Waals surface area (Å²) in [5, 5.41) is 1.11. The van der Waals surface area contributed by atoms with Crippen LogP contribution in [0.5, 0.6) is 0 Å². The molecule has 2 N–H and O–H groups in total. The number of nitrogens with zero attached hydrogens (tertiary/aromatic N) is 2. The highest BCUT2D eigenvalue weighted by atomic mass is 16.3. The number of nitrogen functional groups attached to an aromatic ring is 1. The summed E-state index contributed by atoms with van der Waals surface area (Å²) in [6, 6.07) is 14.1. The lowest BCUT2D eigenvalue weighted by atomic mass is 10.1. The lowest BCUT2D eigenvalue weighted by Crippen LogP contribution is -2.18. The lowest BCUT2D eigenvalue weighted by molar-refractivity contribution is 0.285. The van der Waals surface area contributed by atoms with E-state index < -0.39 is 0 Å². The number of pyridine rings is 1. The molecular formula is C17H19N3O. The molecule has 0 saturated carbocycles. The number of hydrogen-bond donors (Lipinski definition) is 1. The van der Waals surface area contributed by atoms with E-state index in [1.54, 1.807) is 0 Å². The Balaban J connectivity index is 1.79. The molecule has 0 bridgehead atoms. The van der Waals surface area contributed by atoms with Crippen LogP contribution in [0.2, 0.25) is 0 Å². The van der Waals surface area contributed by atoms with Crippen molar-refractivity contribution in [2.45, 2.75) is 20.0 Å². The van der Waals surface area contributed by atoms with Crippen molar-refractivity contribution in [2.24, 2.45) is 0 Å². The van der Waals surface area contributed by atoms with Gasteiger partial charge in [0, 0.05) is 17.5 Å². The molecule has 3 aromatic rings. The Labute approximate surface area is 124 Å². The fourth-order valence-electron chi connectivity index (χ4n) is 2.48. The van der Waals surface area contributed by atoms with Gasteiger partial charge in [0.2, 0.25) is 0 Å². The fraction of sp³-hybridized carbons (Fsp3) is 0.235. The van der Waals surface area contributed by atoms with Gasteiger partial charge in [0.1, 0.15) is 17.3 Å². The second-order valence-electron chi connectivity index (χ2n) is 5.41. The third kappa shape index (κ3) is 3.06. The highest BCUT2D eigenvalue weighted by Gasteiger charge is 2.09. The Morgan fingerprint density at radius 1 is 1.14 bits per heavy atom. The maximum Gasteiger partial charge on any atom is 0.128 e. The van der Waals surface area contributed by atoms with E-state index in [1.807, 2.05) is 44.3 Å². The van der Waals surface area contributed by atoms with Crippen molar-refractivity contribution in [3.63, 3.8) is 0 Å². The topological polar surface area (TPSA) is 55.3 Å². The molecule has 4 heteroatoms. The standard InChI is InChI=1S/C17H19N3O/c1-12-7-8-15(21-12)11-20(2)10-14-9-13-5-3-4-6-16(13)19-17(14)18/h3-9H,10-11H2,1-2H3,(H2,18,19). The van der Waals surface area contributed by atoms with Crippen molar-refractivity contribution >= 4 is 16.7 Å². The quantitative estimate of drug-likeness (QED) is 0.796. The summed E-state index contributed by atoms with van der Waals surface area (Å²) in [6.45, 7) is 3.44. The van der Waals surface area contributed by atoms with E-state index in [1.165, 1.54) is 0 Å². The number of aromatic nitrogens is 1. The SMILES string of the molecule is Cc1ccc(CN(C)Cc2cc3ccccc3nc2N)o1. The number of para-hydroxylation sites is 1. The third-order valence-electron chi connectivity index (χ3n) is 3.50. The minimum Gasteiger partial charge on any atom is -0.465 e. The molecule has 0 fully saturated rings. The van der Waals surface area contributed by atoms with Gasteiger partial charge in [-0.2, -0.15) is 0 Å². The first-order valence-electron chi connectivity index (χ1n) is 7.00. The number of hydrogen-bond acceptors (Lipinski definition) is 4. The number of nitrogens with two attached hydrogens (primary N) is 1. The number of anilines is 1. The smallest absolute Gasteiger partial charge is 0.128 e. The maximum atomic E-state index is 6.07. The van der Waals surface area contributed by atoms with Gasteiger partial charge in [0.05, 0.1) is 12.1 Å². The Bertz CT molecular complexity index is 764. The van der Waals surface area contributed by atoms with Crippen LogP contribution in [0.15, 0.2) is 46.9 Å². The van der Waals surface area contributed by atoms with Gasteiger partial charge >= 0.3 is 0 Å². The van der Waals surface area contributed by atoms with Crippen LogP contribution in [0.4, 0.5) is 5.82 Å². The predicted octanol–water partition coefficient (Wildman–Crippen LogP) is 3.35. The molecule has 0 saturated heterocycles. The molecule has 0 spiro atoms. The fourth-order valence-corrected chi connectivity index (χ4v) is 2.48. The summed E-state index contributed by atoms with van der Waals surface area (Å²) >= 11 is 0. The monoisotopic (exact) mass is 281 g/mol. The molecule has 0 aliphatic rings. The first-order valence-corrected chi connectivity index (χ1v) is 7.00. The van der Waals surface area contributed by atoms with Gasteiger partial charge in [-0.15, -0.1) is 0 Å². The van der Waals surface area contributed by atoms with Crippen LogP contribution in [0.3, 0.4) is 0 Å². The van der Waals surface area contributed by atoms with Gasteiger partial charge in [0.15, 0.2) is 0 Å². The van der Waals surface area contributed by atoms with E-state index in [9.17, 15) is 0 Å². The molecule has 0 amide bonds. The number of rotatable bonds is 4. The number of aryl methyl sites for hydroxylation is 1. The molecule has 0 aliphatic heterocycles. The van der Waals surface area contributed by atoms with Gasteiger partial charge < -0.3 is 10.2 Å². The second-order valence-corrected chi connectivity index (χ2v) is 5.41. The Hall–Kier alpha value is -2.33. The summed E-state index contributed by atoms with van der Waals surface area (Å²) in [6.07, 6.45) is 0. The molecule has 0 aliphatic carbocycles. The molecule has 0 radical (unpaired) electrons. The molecular weight excluding hydrogens is 262 g/mol. The zero-order valence-corrected chi connectivity index (χ0v) is 12.3. The summed E-state index contributed by atoms with van der Waals surface area (Å²) in [5.41, 5.74) is 8.05. The zero-order valence-electron chi connectivity index (χ0n) is 12.3. The largest absolute Gasteiger partial charge is 0.465 e. The van der Waals surface area contributed by atoms with Crippen LogP contribution in [0.25, 0.3) is 10.9 Å². The van der Waals surface area contributed by atoms with E-state index in [0.717, 1.165) is 41.1 Å². The van der Waals surface area contributed by atoms with Gasteiger partial charge in [-0.25, -0.2) is 4.98 Å². The van der Waals surface area contributed by atoms with Crippen LogP contribution in [-0.4, -0.2) is 16.9 Å². The van der Waals surface area contributed by atoms with Crippen LogP contribution in [-0.2, 0) is 13.1 Å². The lowest BCUT2D eigenvalue weighted by Gasteiger charge is -2.16. The summed E-state index contributed by atoms with van der Waals surface area (Å²) in [5.74, 6) is 2.49. The van der Waals surface area contributed by atoms with E-state index in [4.69, 9.17) is 10.2 Å². The third-order valence-corrected chi connectivity index (χ3v) is 3.50. The van der Waals surface area contributed by atoms with Crippen LogP contribution >= 0.6 is 0 Å². The molecule has 0 atom stereocenters. The Morgan fingerprint density at radius 2 is 1.95 bits per heavy atom. The zero-order chi connectivity index (χ0) is 14.8. The average molecular weight is 281 g/mol. The summed E-state index contributed by atoms with van der Waals surface area (Å²) < 4.78 is 5.60. The first-order chi connectivity index (χ1) is 10.1. The van der Waals surface area contributed by atoms with Gasteiger partial charge in [-0.1, -0.05) is 18.2 Å². The minimum absolute atomic E-state index is 0.594. The maximum absolute atomic E-state index is 6.07. The van der Waals surface area contributed by atoms with E-state index in [0.29, 0.717) is 5.82 Å². The summed E-state index contributed by atoms with van der Waals surface area (Å²) in [7, 11) is 2.05. The van der Waals surface area contributed by atoms with E-state index in [-0.39, 0.29) is 0 Å². The predicted molar refractivity (Wildman–Crippen MR) is 84.8 cm³/mol. The number of fused-ring (bicyclic) bond motifs is 1. The second kappa shape index (κ2) is 5.58. The molecule has 1 aromatic carbocycles. The molecule has 2 aromatic heterocycles. The van der Waals surface area contributed by atoms with Gasteiger partial charge in [-0.3, -0.25) is 4.90 Å². The van der Waals surface area contributed by atoms with Crippen molar-refractivity contribution in [1.29, 1.82) is 0 Å². The normalized spacial score (nSPS) is 11.4. The van der Waals surface area contributed by atoms with Crippen LogP contribution in [0, 0.1) is 6.92 Å². The highest BCUT2D eigenvalue weighted by molar-refractivity contribution is 5.81. The van der Waals surface area contributed by atoms with Crippen molar-refractivity contribution in [3.05, 3.63) is 59.5 Å². The molecule has 3 rings (SSSR count).